The molecule has 1 aliphatic heterocycles. The number of rotatable bonds is 49. The Morgan fingerprint density at radius 2 is 0.761 bits per heavy atom. The van der Waals surface area contributed by atoms with Gasteiger partial charge in [0.2, 0.25) is 0 Å². The van der Waals surface area contributed by atoms with Gasteiger partial charge in [0, 0.05) is 12.8 Å². The van der Waals surface area contributed by atoms with Crippen LogP contribution in [0, 0.1) is 0 Å². The van der Waals surface area contributed by atoms with Crippen molar-refractivity contribution < 1.29 is 56.8 Å². The highest BCUT2D eigenvalue weighted by Crippen LogP contribution is 2.24. The molecule has 0 aromatic heterocycles. The molecule has 6 atom stereocenters. The fraction of sp³-hybridized carbons (Fsp3) is 0.963. The Morgan fingerprint density at radius 1 is 0.448 bits per heavy atom. The number of esters is 2. The summed E-state index contributed by atoms with van der Waals surface area (Å²) in [5, 5.41) is 31.0. The largest absolute Gasteiger partial charge is 0.462 e. The Kier molecular flexibility index (Phi) is 42.4. The van der Waals surface area contributed by atoms with Gasteiger partial charge in [0.05, 0.1) is 6.61 Å². The van der Waals surface area contributed by atoms with Crippen LogP contribution in [0.2, 0.25) is 0 Å². The van der Waals surface area contributed by atoms with Gasteiger partial charge >= 0.3 is 11.9 Å². The van der Waals surface area contributed by atoms with Crippen LogP contribution < -0.4 is 0 Å². The molecule has 0 aliphatic carbocycles. The highest BCUT2D eigenvalue weighted by Gasteiger charge is 2.46. The van der Waals surface area contributed by atoms with Crippen molar-refractivity contribution in [3.63, 3.8) is 0 Å². The molecule has 1 aliphatic rings. The van der Waals surface area contributed by atoms with E-state index in [1.807, 2.05) is 0 Å². The third kappa shape index (κ3) is 39.0. The Hall–Kier alpha value is -1.35. The number of aliphatic hydroxyl groups is 3. The molecular formula is C54H104O12S. The Bertz CT molecular complexity index is 1230. The van der Waals surface area contributed by atoms with Gasteiger partial charge in [-0.1, -0.05) is 251 Å². The lowest BCUT2D eigenvalue weighted by Gasteiger charge is -2.40. The molecule has 398 valence electrons. The lowest BCUT2D eigenvalue weighted by molar-refractivity contribution is -0.297. The van der Waals surface area contributed by atoms with Crippen LogP contribution in [-0.4, -0.2) is 96.0 Å². The minimum Gasteiger partial charge on any atom is -0.462 e. The lowest BCUT2D eigenvalue weighted by Crippen LogP contribution is -2.60. The second kappa shape index (κ2) is 44.6. The van der Waals surface area contributed by atoms with Gasteiger partial charge in [-0.05, 0) is 12.8 Å². The highest BCUT2D eigenvalue weighted by atomic mass is 32.2. The zero-order valence-electron chi connectivity index (χ0n) is 43.0. The van der Waals surface area contributed by atoms with Gasteiger partial charge in [0.15, 0.2) is 12.4 Å². The molecule has 4 N–H and O–H groups in total. The number of ether oxygens (including phenoxy) is 4. The predicted octanol–water partition coefficient (Wildman–Crippen LogP) is 13.2. The van der Waals surface area contributed by atoms with E-state index < -0.39 is 71.2 Å². The molecule has 2 unspecified atom stereocenters. The molecule has 0 saturated carbocycles. The SMILES string of the molecule is CCCCCCCCCCCCCCCCCCCCCCCC(=O)O[C@H](COC(=O)CCCCCCCCCCCCCCCCCCCC)CO[C@H]1O[C@H](CS(=O)(=O)O)[C@@H](O)C(O)C1O. The average molecular weight is 977 g/mol. The van der Waals surface area contributed by atoms with Crippen molar-refractivity contribution in [2.75, 3.05) is 19.0 Å². The first-order valence-electron chi connectivity index (χ1n) is 28.1. The van der Waals surface area contributed by atoms with Crippen molar-refractivity contribution in [1.82, 2.24) is 0 Å². The second-order valence-corrected chi connectivity index (χ2v) is 21.5. The molecule has 67 heavy (non-hydrogen) atoms. The van der Waals surface area contributed by atoms with Crippen LogP contribution >= 0.6 is 0 Å². The van der Waals surface area contributed by atoms with Crippen LogP contribution in [-0.2, 0) is 38.7 Å². The van der Waals surface area contributed by atoms with Crippen molar-refractivity contribution >= 4 is 22.1 Å². The summed E-state index contributed by atoms with van der Waals surface area (Å²) < 4.78 is 54.4. The average Bonchev–Trinajstić information content (AvgIpc) is 3.30. The Labute approximate surface area is 410 Å². The molecule has 0 bridgehead atoms. The normalized spacial score (nSPS) is 19.2. The fourth-order valence-electron chi connectivity index (χ4n) is 9.09. The maximum Gasteiger partial charge on any atom is 0.306 e. The number of hydrogen-bond donors (Lipinski definition) is 4. The third-order valence-electron chi connectivity index (χ3n) is 13.4. The summed E-state index contributed by atoms with van der Waals surface area (Å²) in [6.07, 6.45) is 40.0. The molecule has 1 heterocycles. The van der Waals surface area contributed by atoms with E-state index in [2.05, 4.69) is 13.8 Å². The van der Waals surface area contributed by atoms with Crippen molar-refractivity contribution in [3.05, 3.63) is 0 Å². The lowest BCUT2D eigenvalue weighted by atomic mass is 10.00. The van der Waals surface area contributed by atoms with E-state index in [0.29, 0.717) is 12.8 Å². The first-order chi connectivity index (χ1) is 32.5. The molecule has 0 radical (unpaired) electrons. The number of aliphatic hydroxyl groups excluding tert-OH is 3. The summed E-state index contributed by atoms with van der Waals surface area (Å²) in [5.74, 6) is -1.95. The Balaban J connectivity index is 2.31. The summed E-state index contributed by atoms with van der Waals surface area (Å²) in [5.41, 5.74) is 0. The van der Waals surface area contributed by atoms with Crippen molar-refractivity contribution in [1.29, 1.82) is 0 Å². The van der Waals surface area contributed by atoms with E-state index in [-0.39, 0.29) is 19.4 Å². The van der Waals surface area contributed by atoms with E-state index in [1.54, 1.807) is 0 Å². The van der Waals surface area contributed by atoms with Crippen LogP contribution in [0.25, 0.3) is 0 Å². The minimum absolute atomic E-state index is 0.173. The minimum atomic E-state index is -4.60. The maximum absolute atomic E-state index is 12.9. The molecular weight excluding hydrogens is 873 g/mol. The van der Waals surface area contributed by atoms with Crippen molar-refractivity contribution in [3.8, 4) is 0 Å². The molecule has 0 spiro atoms. The van der Waals surface area contributed by atoms with E-state index in [1.165, 1.54) is 199 Å². The zero-order chi connectivity index (χ0) is 49.1. The fourth-order valence-corrected chi connectivity index (χ4v) is 9.78. The van der Waals surface area contributed by atoms with Crippen LogP contribution in [0.1, 0.15) is 277 Å². The molecule has 0 aromatic carbocycles. The first-order valence-corrected chi connectivity index (χ1v) is 29.7. The van der Waals surface area contributed by atoms with E-state index in [9.17, 15) is 37.9 Å². The predicted molar refractivity (Wildman–Crippen MR) is 271 cm³/mol. The molecule has 1 saturated heterocycles. The van der Waals surface area contributed by atoms with Crippen LogP contribution in [0.4, 0.5) is 0 Å². The number of carbonyl (C=O) groups excluding carboxylic acids is 2. The summed E-state index contributed by atoms with van der Waals surface area (Å²) in [6, 6.07) is 0. The molecule has 1 fully saturated rings. The van der Waals surface area contributed by atoms with Crippen molar-refractivity contribution in [2.45, 2.75) is 314 Å². The quantitative estimate of drug-likeness (QED) is 0.0257. The van der Waals surface area contributed by atoms with E-state index in [4.69, 9.17) is 18.9 Å². The smallest absolute Gasteiger partial charge is 0.306 e. The maximum atomic E-state index is 12.9. The van der Waals surface area contributed by atoms with Crippen LogP contribution in [0.15, 0.2) is 0 Å². The monoisotopic (exact) mass is 977 g/mol. The first kappa shape index (κ1) is 63.7. The summed E-state index contributed by atoms with van der Waals surface area (Å²) >= 11 is 0. The van der Waals surface area contributed by atoms with E-state index >= 15 is 0 Å². The van der Waals surface area contributed by atoms with Crippen molar-refractivity contribution in [2.24, 2.45) is 0 Å². The van der Waals surface area contributed by atoms with Gasteiger partial charge in [0.1, 0.15) is 36.8 Å². The molecule has 12 nitrogen and oxygen atoms in total. The molecule has 1 rings (SSSR count). The molecule has 13 heteroatoms. The zero-order valence-corrected chi connectivity index (χ0v) is 43.9. The van der Waals surface area contributed by atoms with Gasteiger partial charge in [-0.15, -0.1) is 0 Å². The Morgan fingerprint density at radius 3 is 1.09 bits per heavy atom. The van der Waals surface area contributed by atoms with Crippen LogP contribution in [0.3, 0.4) is 0 Å². The number of hydrogen-bond acceptors (Lipinski definition) is 11. The third-order valence-corrected chi connectivity index (χ3v) is 14.2. The standard InChI is InChI=1S/C54H104O12S/c1-3-5-7-9-11-13-15-17-19-21-23-24-25-27-29-31-33-35-37-39-41-43-50(56)65-47(45-64-54-53(59)52(58)51(57)48(66-54)46-67(60,61)62)44-63-49(55)42-40-38-36-34-32-30-28-26-22-20-18-16-14-12-10-8-6-4-2/h47-48,51-54,57-59H,3-46H2,1-2H3,(H,60,61,62)/t47-,48-,51-,52?,53?,54+/m1/s1. The van der Waals surface area contributed by atoms with Gasteiger partial charge in [-0.25, -0.2) is 0 Å². The van der Waals surface area contributed by atoms with E-state index in [0.717, 1.165) is 38.5 Å². The van der Waals surface area contributed by atoms with Gasteiger partial charge in [-0.3, -0.25) is 14.1 Å². The number of unbranched alkanes of at least 4 members (excludes halogenated alkanes) is 37. The summed E-state index contributed by atoms with van der Waals surface area (Å²) in [6.45, 7) is 3.83. The molecule has 0 aromatic rings. The van der Waals surface area contributed by atoms with Gasteiger partial charge in [0.25, 0.3) is 10.1 Å². The second-order valence-electron chi connectivity index (χ2n) is 20.0. The topological polar surface area (TPSA) is 186 Å². The highest BCUT2D eigenvalue weighted by molar-refractivity contribution is 7.85. The van der Waals surface area contributed by atoms with Gasteiger partial charge in [-0.2, -0.15) is 8.42 Å². The molecule has 0 amide bonds. The van der Waals surface area contributed by atoms with Gasteiger partial charge < -0.3 is 34.3 Å². The number of carbonyl (C=O) groups is 2. The summed E-state index contributed by atoms with van der Waals surface area (Å²) in [4.78, 5) is 25.6. The van der Waals surface area contributed by atoms with Crippen LogP contribution in [0.5, 0.6) is 0 Å². The summed E-state index contributed by atoms with van der Waals surface area (Å²) in [7, 11) is -4.60.